The van der Waals surface area contributed by atoms with Crippen LogP contribution >= 0.6 is 11.8 Å². The van der Waals surface area contributed by atoms with E-state index < -0.39 is 0 Å². The summed E-state index contributed by atoms with van der Waals surface area (Å²) in [5.74, 6) is 0.885. The number of aliphatic imine (C=N–C) groups is 1. The zero-order valence-electron chi connectivity index (χ0n) is 5.92. The van der Waals surface area contributed by atoms with Gasteiger partial charge in [-0.15, -0.1) is 11.8 Å². The van der Waals surface area contributed by atoms with Crippen LogP contribution < -0.4 is 11.5 Å². The first-order valence-corrected chi connectivity index (χ1v) is 3.85. The molecule has 10 heavy (non-hydrogen) atoms. The molecule has 0 aromatic rings. The zero-order chi connectivity index (χ0) is 7.98. The van der Waals surface area contributed by atoms with Crippen molar-refractivity contribution in [2.45, 2.75) is 6.92 Å². The van der Waals surface area contributed by atoms with E-state index in [9.17, 15) is 0 Å². The fraction of sp³-hybridized carbons (Fsp3) is 0.600. The molecule has 5 N–H and O–H groups in total. The number of hydrogen-bond donors (Lipinski definition) is 3. The van der Waals surface area contributed by atoms with Gasteiger partial charge in [-0.3, -0.25) is 10.4 Å². The van der Waals surface area contributed by atoms with E-state index in [1.807, 2.05) is 0 Å². The van der Waals surface area contributed by atoms with E-state index in [4.69, 9.17) is 16.9 Å². The number of nitrogens with zero attached hydrogens (tertiary/aromatic N) is 1. The second-order valence-corrected chi connectivity index (χ2v) is 3.02. The van der Waals surface area contributed by atoms with Gasteiger partial charge in [0, 0.05) is 5.75 Å². The fourth-order valence-corrected chi connectivity index (χ4v) is 0.862. The van der Waals surface area contributed by atoms with E-state index in [0.717, 1.165) is 5.75 Å². The standard InChI is InChI=1S/C5H12N4S/c1-4(6)10-3-2-9-5(7)8/h6H,2-3H2,1H3,(H4,7,8,9). The van der Waals surface area contributed by atoms with Gasteiger partial charge in [-0.2, -0.15) is 0 Å². The molecule has 0 saturated carbocycles. The van der Waals surface area contributed by atoms with Crippen LogP contribution in [0.25, 0.3) is 0 Å². The molecule has 0 fully saturated rings. The van der Waals surface area contributed by atoms with E-state index >= 15 is 0 Å². The molecular weight excluding hydrogens is 148 g/mol. The highest BCUT2D eigenvalue weighted by Gasteiger charge is 1.87. The monoisotopic (exact) mass is 160 g/mol. The molecule has 0 saturated heterocycles. The quantitative estimate of drug-likeness (QED) is 0.308. The van der Waals surface area contributed by atoms with E-state index in [-0.39, 0.29) is 5.96 Å². The summed E-state index contributed by atoms with van der Waals surface area (Å²) in [7, 11) is 0. The molecule has 0 heterocycles. The van der Waals surface area contributed by atoms with Crippen molar-refractivity contribution in [2.75, 3.05) is 12.3 Å². The van der Waals surface area contributed by atoms with Crippen LogP contribution in [0.3, 0.4) is 0 Å². The third-order valence-electron chi connectivity index (χ3n) is 0.704. The number of nitrogens with two attached hydrogens (primary N) is 2. The normalized spacial score (nSPS) is 8.90. The molecule has 0 radical (unpaired) electrons. The maximum Gasteiger partial charge on any atom is 0.185 e. The lowest BCUT2D eigenvalue weighted by Crippen LogP contribution is -2.23. The molecule has 0 aromatic carbocycles. The summed E-state index contributed by atoms with van der Waals surface area (Å²) in [6, 6.07) is 0. The van der Waals surface area contributed by atoms with E-state index in [0.29, 0.717) is 11.6 Å². The molecule has 4 nitrogen and oxygen atoms in total. The first-order chi connectivity index (χ1) is 4.63. The van der Waals surface area contributed by atoms with Gasteiger partial charge in [-0.1, -0.05) is 0 Å². The van der Waals surface area contributed by atoms with Gasteiger partial charge >= 0.3 is 0 Å². The van der Waals surface area contributed by atoms with Gasteiger partial charge in [-0.05, 0) is 6.92 Å². The summed E-state index contributed by atoms with van der Waals surface area (Å²) in [5, 5.41) is 7.62. The van der Waals surface area contributed by atoms with Gasteiger partial charge in [0.15, 0.2) is 5.96 Å². The Labute approximate surface area is 64.6 Å². The summed E-state index contributed by atoms with van der Waals surface area (Å²) in [6.07, 6.45) is 0. The molecule has 0 amide bonds. The molecule has 0 rings (SSSR count). The smallest absolute Gasteiger partial charge is 0.185 e. The van der Waals surface area contributed by atoms with E-state index in [2.05, 4.69) is 4.99 Å². The Hall–Kier alpha value is -0.710. The third kappa shape index (κ3) is 7.29. The molecule has 58 valence electrons. The fourth-order valence-electron chi connectivity index (χ4n) is 0.373. The van der Waals surface area contributed by atoms with Gasteiger partial charge in [0.05, 0.1) is 11.6 Å². The second kappa shape index (κ2) is 5.10. The molecule has 5 heteroatoms. The van der Waals surface area contributed by atoms with Crippen molar-refractivity contribution < 1.29 is 0 Å². The number of rotatable bonds is 3. The summed E-state index contributed by atoms with van der Waals surface area (Å²) < 4.78 is 0. The predicted octanol–water partition coefficient (Wildman–Crippen LogP) is -0.00983. The van der Waals surface area contributed by atoms with E-state index in [1.54, 1.807) is 6.92 Å². The highest BCUT2D eigenvalue weighted by atomic mass is 32.2. The Bertz CT molecular complexity index is 139. The minimum atomic E-state index is 0.114. The maximum absolute atomic E-state index is 7.03. The van der Waals surface area contributed by atoms with Crippen molar-refractivity contribution in [3.63, 3.8) is 0 Å². The highest BCUT2D eigenvalue weighted by molar-refractivity contribution is 8.13. The first kappa shape index (κ1) is 9.29. The maximum atomic E-state index is 7.03. The largest absolute Gasteiger partial charge is 0.370 e. The molecule has 0 aliphatic carbocycles. The van der Waals surface area contributed by atoms with Gasteiger partial charge in [-0.25, -0.2) is 0 Å². The SMILES string of the molecule is CC(=N)SCCN=C(N)N. The molecule has 0 aliphatic rings. The summed E-state index contributed by atoms with van der Waals surface area (Å²) >= 11 is 1.44. The van der Waals surface area contributed by atoms with Crippen LogP contribution in [0.4, 0.5) is 0 Å². The van der Waals surface area contributed by atoms with Crippen molar-refractivity contribution in [2.24, 2.45) is 16.5 Å². The molecule has 0 unspecified atom stereocenters. The van der Waals surface area contributed by atoms with Crippen LogP contribution in [0.1, 0.15) is 6.92 Å². The predicted molar refractivity (Wildman–Crippen MR) is 46.5 cm³/mol. The number of hydrogen-bond acceptors (Lipinski definition) is 3. The lowest BCUT2D eigenvalue weighted by molar-refractivity contribution is 1.13. The Morgan fingerprint density at radius 1 is 1.60 bits per heavy atom. The van der Waals surface area contributed by atoms with Crippen molar-refractivity contribution in [1.82, 2.24) is 0 Å². The Morgan fingerprint density at radius 3 is 2.60 bits per heavy atom. The Kier molecular flexibility index (Phi) is 4.74. The summed E-state index contributed by atoms with van der Waals surface area (Å²) in [5.41, 5.74) is 10.1. The second-order valence-electron chi connectivity index (χ2n) is 1.71. The van der Waals surface area contributed by atoms with E-state index in [1.165, 1.54) is 11.8 Å². The minimum Gasteiger partial charge on any atom is -0.370 e. The number of guanidine groups is 1. The van der Waals surface area contributed by atoms with Crippen LogP contribution in [0.2, 0.25) is 0 Å². The van der Waals surface area contributed by atoms with Gasteiger partial charge < -0.3 is 11.5 Å². The van der Waals surface area contributed by atoms with Crippen LogP contribution in [-0.4, -0.2) is 23.3 Å². The number of nitrogens with one attached hydrogen (secondary N) is 1. The summed E-state index contributed by atoms with van der Waals surface area (Å²) in [4.78, 5) is 3.75. The topological polar surface area (TPSA) is 88.2 Å². The lowest BCUT2D eigenvalue weighted by atomic mass is 10.8. The van der Waals surface area contributed by atoms with Gasteiger partial charge in [0.25, 0.3) is 0 Å². The van der Waals surface area contributed by atoms with Crippen molar-refractivity contribution >= 4 is 22.8 Å². The average Bonchev–Trinajstić information content (AvgIpc) is 1.79. The summed E-state index contributed by atoms with van der Waals surface area (Å²) in [6.45, 7) is 2.32. The van der Waals surface area contributed by atoms with Gasteiger partial charge in [0.2, 0.25) is 0 Å². The molecular formula is C5H12N4S. The molecule has 0 aliphatic heterocycles. The molecule has 0 atom stereocenters. The lowest BCUT2D eigenvalue weighted by Gasteiger charge is -1.94. The van der Waals surface area contributed by atoms with Crippen LogP contribution in [0.5, 0.6) is 0 Å². The van der Waals surface area contributed by atoms with Crippen LogP contribution in [0.15, 0.2) is 4.99 Å². The van der Waals surface area contributed by atoms with Crippen molar-refractivity contribution in [3.8, 4) is 0 Å². The highest BCUT2D eigenvalue weighted by Crippen LogP contribution is 1.99. The third-order valence-corrected chi connectivity index (χ3v) is 1.52. The zero-order valence-corrected chi connectivity index (χ0v) is 6.74. The van der Waals surface area contributed by atoms with Crippen LogP contribution in [-0.2, 0) is 0 Å². The average molecular weight is 160 g/mol. The van der Waals surface area contributed by atoms with Crippen LogP contribution in [0, 0.1) is 5.41 Å². The minimum absolute atomic E-state index is 0.114. The first-order valence-electron chi connectivity index (χ1n) is 2.86. The van der Waals surface area contributed by atoms with Crippen molar-refractivity contribution in [3.05, 3.63) is 0 Å². The Morgan fingerprint density at radius 2 is 2.20 bits per heavy atom. The Balaban J connectivity index is 3.21. The molecule has 0 aromatic heterocycles. The molecule has 0 bridgehead atoms. The molecule has 0 spiro atoms. The van der Waals surface area contributed by atoms with Crippen molar-refractivity contribution in [1.29, 1.82) is 5.41 Å². The number of thioether (sulfide) groups is 1. The van der Waals surface area contributed by atoms with Gasteiger partial charge in [0.1, 0.15) is 0 Å².